The van der Waals surface area contributed by atoms with Crippen molar-refractivity contribution >= 4 is 27.9 Å². The normalized spacial score (nSPS) is 9.64. The second kappa shape index (κ2) is 6.63. The summed E-state index contributed by atoms with van der Waals surface area (Å²) in [6.07, 6.45) is -0.942. The van der Waals surface area contributed by atoms with Crippen molar-refractivity contribution in [3.05, 3.63) is 0 Å². The number of amides is 1. The van der Waals surface area contributed by atoms with E-state index in [9.17, 15) is 4.79 Å². The second-order valence-electron chi connectivity index (χ2n) is 1.60. The number of rotatable bonds is 5. The van der Waals surface area contributed by atoms with Crippen LogP contribution in [0, 0.1) is 0 Å². The molecule has 0 spiro atoms. The smallest absolute Gasteiger partial charge is 0.418 e. The summed E-state index contributed by atoms with van der Waals surface area (Å²) in [7, 11) is 2.47. The lowest BCUT2D eigenvalue weighted by molar-refractivity contribution is 0.177. The first-order valence-corrected chi connectivity index (χ1v) is 5.40. The van der Waals surface area contributed by atoms with Crippen LogP contribution in [0.3, 0.4) is 0 Å². The van der Waals surface area contributed by atoms with Gasteiger partial charge in [0.15, 0.2) is 0 Å². The monoisotopic (exact) mass is 197 g/mol. The van der Waals surface area contributed by atoms with Crippen molar-refractivity contribution in [2.75, 3.05) is 18.9 Å². The van der Waals surface area contributed by atoms with Gasteiger partial charge in [0, 0.05) is 23.3 Å². The molecule has 4 nitrogen and oxygen atoms in total. The van der Waals surface area contributed by atoms with Crippen LogP contribution < -0.4 is 0 Å². The maximum atomic E-state index is 10.4. The van der Waals surface area contributed by atoms with E-state index in [1.54, 1.807) is 6.92 Å². The van der Waals surface area contributed by atoms with Gasteiger partial charge in [0.2, 0.25) is 0 Å². The molecule has 0 aromatic heterocycles. The zero-order valence-corrected chi connectivity index (χ0v) is 7.82. The molecule has 0 atom stereocenters. The van der Waals surface area contributed by atoms with Gasteiger partial charge in [-0.15, -0.1) is 0 Å². The first-order valence-electron chi connectivity index (χ1n) is 3.13. The highest BCUT2D eigenvalue weighted by Gasteiger charge is 2.08. The van der Waals surface area contributed by atoms with Crippen molar-refractivity contribution in [3.8, 4) is 0 Å². The molecule has 0 aliphatic carbocycles. The highest BCUT2D eigenvalue weighted by molar-refractivity contribution is 8.75. The van der Waals surface area contributed by atoms with Crippen LogP contribution in [0.5, 0.6) is 0 Å². The lowest BCUT2D eigenvalue weighted by Crippen LogP contribution is -2.20. The fourth-order valence-corrected chi connectivity index (χ4v) is 2.14. The standard InChI is InChI=1S/C5H11NO3S2/c1-2-6(5(8)9)11-10-4-3-7/h7H,2-4H2,1H3,(H,8,9). The summed E-state index contributed by atoms with van der Waals surface area (Å²) in [5.41, 5.74) is 0. The van der Waals surface area contributed by atoms with E-state index in [1.807, 2.05) is 0 Å². The number of hydrogen-bond donors (Lipinski definition) is 2. The van der Waals surface area contributed by atoms with Gasteiger partial charge in [-0.2, -0.15) is 0 Å². The molecule has 0 heterocycles. The zero-order chi connectivity index (χ0) is 8.69. The predicted molar refractivity (Wildman–Crippen MR) is 47.5 cm³/mol. The van der Waals surface area contributed by atoms with Gasteiger partial charge in [-0.3, -0.25) is 0 Å². The van der Waals surface area contributed by atoms with Crippen molar-refractivity contribution in [2.24, 2.45) is 0 Å². The third kappa shape index (κ3) is 5.23. The average molecular weight is 197 g/mol. The Hall–Kier alpha value is -0.0700. The van der Waals surface area contributed by atoms with Crippen LogP contribution >= 0.6 is 21.8 Å². The molecule has 0 aromatic rings. The van der Waals surface area contributed by atoms with Gasteiger partial charge < -0.3 is 10.2 Å². The van der Waals surface area contributed by atoms with Crippen LogP contribution in [0.4, 0.5) is 4.79 Å². The van der Waals surface area contributed by atoms with E-state index in [2.05, 4.69) is 0 Å². The quantitative estimate of drug-likeness (QED) is 0.395. The number of aliphatic hydroxyl groups excluding tert-OH is 1. The molecular formula is C5H11NO3S2. The summed E-state index contributed by atoms with van der Waals surface area (Å²) >= 11 is 0. The molecule has 2 N–H and O–H groups in total. The van der Waals surface area contributed by atoms with Gasteiger partial charge in [-0.25, -0.2) is 9.10 Å². The first-order chi connectivity index (χ1) is 5.22. The van der Waals surface area contributed by atoms with E-state index in [0.717, 1.165) is 11.0 Å². The van der Waals surface area contributed by atoms with Crippen LogP contribution in [0.15, 0.2) is 0 Å². The summed E-state index contributed by atoms with van der Waals surface area (Å²) < 4.78 is 1.21. The summed E-state index contributed by atoms with van der Waals surface area (Å²) in [4.78, 5) is 10.4. The Balaban J connectivity index is 3.44. The molecule has 11 heavy (non-hydrogen) atoms. The Kier molecular flexibility index (Phi) is 6.59. The van der Waals surface area contributed by atoms with E-state index >= 15 is 0 Å². The lowest BCUT2D eigenvalue weighted by atomic mass is 10.8. The van der Waals surface area contributed by atoms with Crippen LogP contribution in [0.1, 0.15) is 6.92 Å². The number of carboxylic acid groups (broad SMARTS) is 1. The third-order valence-electron chi connectivity index (χ3n) is 0.818. The van der Waals surface area contributed by atoms with Crippen molar-refractivity contribution < 1.29 is 15.0 Å². The Morgan fingerprint density at radius 1 is 1.64 bits per heavy atom. The Morgan fingerprint density at radius 2 is 2.27 bits per heavy atom. The summed E-state index contributed by atoms with van der Waals surface area (Å²) in [6.45, 7) is 2.30. The van der Waals surface area contributed by atoms with Gasteiger partial charge in [0.1, 0.15) is 0 Å². The molecule has 0 radical (unpaired) electrons. The first kappa shape index (κ1) is 10.9. The largest absolute Gasteiger partial charge is 0.464 e. The van der Waals surface area contributed by atoms with E-state index in [0.29, 0.717) is 12.3 Å². The molecule has 66 valence electrons. The Bertz CT molecular complexity index is 122. The topological polar surface area (TPSA) is 60.8 Å². The van der Waals surface area contributed by atoms with Crippen LogP contribution in [-0.2, 0) is 0 Å². The van der Waals surface area contributed by atoms with Crippen molar-refractivity contribution in [2.45, 2.75) is 6.92 Å². The molecule has 0 fully saturated rings. The minimum atomic E-state index is -0.942. The van der Waals surface area contributed by atoms with Crippen LogP contribution in [0.2, 0.25) is 0 Å². The minimum absolute atomic E-state index is 0.0782. The molecule has 0 saturated heterocycles. The average Bonchev–Trinajstić information content (AvgIpc) is 1.97. The van der Waals surface area contributed by atoms with E-state index in [4.69, 9.17) is 10.2 Å². The van der Waals surface area contributed by atoms with Gasteiger partial charge in [0.25, 0.3) is 0 Å². The van der Waals surface area contributed by atoms with Crippen LogP contribution in [-0.4, -0.2) is 39.5 Å². The number of aliphatic hydroxyl groups is 1. The predicted octanol–water partition coefficient (Wildman–Crippen LogP) is 1.27. The molecule has 0 rings (SSSR count). The molecule has 6 heteroatoms. The number of hydrogen-bond acceptors (Lipinski definition) is 4. The molecule has 0 bridgehead atoms. The van der Waals surface area contributed by atoms with Crippen LogP contribution in [0.25, 0.3) is 0 Å². The van der Waals surface area contributed by atoms with E-state index < -0.39 is 6.09 Å². The molecule has 0 saturated carbocycles. The summed E-state index contributed by atoms with van der Waals surface area (Å²) in [5.74, 6) is 0.550. The number of nitrogens with zero attached hydrogens (tertiary/aromatic N) is 1. The van der Waals surface area contributed by atoms with Crippen molar-refractivity contribution in [1.29, 1.82) is 0 Å². The maximum absolute atomic E-state index is 10.4. The van der Waals surface area contributed by atoms with Crippen molar-refractivity contribution in [3.63, 3.8) is 0 Å². The Morgan fingerprint density at radius 3 is 2.64 bits per heavy atom. The highest BCUT2D eigenvalue weighted by Crippen LogP contribution is 2.24. The molecular weight excluding hydrogens is 186 g/mol. The van der Waals surface area contributed by atoms with E-state index in [1.165, 1.54) is 15.1 Å². The third-order valence-corrected chi connectivity index (χ3v) is 3.22. The molecule has 1 amide bonds. The van der Waals surface area contributed by atoms with Gasteiger partial charge >= 0.3 is 6.09 Å². The molecule has 0 unspecified atom stereocenters. The lowest BCUT2D eigenvalue weighted by Gasteiger charge is -2.13. The zero-order valence-electron chi connectivity index (χ0n) is 6.19. The van der Waals surface area contributed by atoms with Gasteiger partial charge in [-0.1, -0.05) is 10.8 Å². The SMILES string of the molecule is CCN(SSCCO)C(=O)O. The summed E-state index contributed by atoms with van der Waals surface area (Å²) in [6, 6.07) is 0. The fourth-order valence-electron chi connectivity index (χ4n) is 0.358. The maximum Gasteiger partial charge on any atom is 0.418 e. The second-order valence-corrected chi connectivity index (χ2v) is 3.99. The summed E-state index contributed by atoms with van der Waals surface area (Å²) in [5, 5.41) is 16.9. The Labute approximate surface area is 73.5 Å². The van der Waals surface area contributed by atoms with E-state index in [-0.39, 0.29) is 6.61 Å². The molecule has 0 aliphatic rings. The van der Waals surface area contributed by atoms with Gasteiger partial charge in [0.05, 0.1) is 6.61 Å². The molecule has 0 aliphatic heterocycles. The van der Waals surface area contributed by atoms with Crippen molar-refractivity contribution in [1.82, 2.24) is 4.31 Å². The number of carbonyl (C=O) groups is 1. The van der Waals surface area contributed by atoms with Gasteiger partial charge in [-0.05, 0) is 6.92 Å². The highest BCUT2D eigenvalue weighted by atomic mass is 33.1. The molecule has 0 aromatic carbocycles. The fraction of sp³-hybridized carbons (Fsp3) is 0.800. The minimum Gasteiger partial charge on any atom is -0.464 e.